The maximum atomic E-state index is 10.1. The van der Waals surface area contributed by atoms with Gasteiger partial charge in [0.2, 0.25) is 0 Å². The SMILES string of the molecule is OCC1(N2CCCNCC2)CCC(c2ccccc2)CC1. The van der Waals surface area contributed by atoms with Crippen molar-refractivity contribution in [1.29, 1.82) is 0 Å². The first-order chi connectivity index (χ1) is 10.3. The zero-order valence-electron chi connectivity index (χ0n) is 12.9. The molecule has 21 heavy (non-hydrogen) atoms. The largest absolute Gasteiger partial charge is 0.394 e. The van der Waals surface area contributed by atoms with Gasteiger partial charge in [0.15, 0.2) is 0 Å². The minimum Gasteiger partial charge on any atom is -0.394 e. The Morgan fingerprint density at radius 2 is 1.86 bits per heavy atom. The van der Waals surface area contributed by atoms with E-state index in [0.717, 1.165) is 39.0 Å². The van der Waals surface area contributed by atoms with Crippen molar-refractivity contribution < 1.29 is 5.11 Å². The van der Waals surface area contributed by atoms with Crippen molar-refractivity contribution in [2.45, 2.75) is 43.6 Å². The highest BCUT2D eigenvalue weighted by atomic mass is 16.3. The van der Waals surface area contributed by atoms with Crippen molar-refractivity contribution in [3.63, 3.8) is 0 Å². The molecule has 2 N–H and O–H groups in total. The van der Waals surface area contributed by atoms with Crippen molar-refractivity contribution in [1.82, 2.24) is 10.2 Å². The number of nitrogens with zero attached hydrogens (tertiary/aromatic N) is 1. The van der Waals surface area contributed by atoms with Gasteiger partial charge in [-0.3, -0.25) is 4.90 Å². The summed E-state index contributed by atoms with van der Waals surface area (Å²) in [6.07, 6.45) is 5.86. The maximum Gasteiger partial charge on any atom is 0.0615 e. The van der Waals surface area contributed by atoms with Crippen LogP contribution in [0.15, 0.2) is 30.3 Å². The Hall–Kier alpha value is -0.900. The standard InChI is InChI=1S/C18H28N2O/c21-15-18(20-13-4-11-19-12-14-20)9-7-17(8-10-18)16-5-2-1-3-6-16/h1-3,5-6,17,19,21H,4,7-15H2. The second kappa shape index (κ2) is 6.91. The van der Waals surface area contributed by atoms with E-state index < -0.39 is 0 Å². The van der Waals surface area contributed by atoms with E-state index in [9.17, 15) is 5.11 Å². The van der Waals surface area contributed by atoms with Crippen LogP contribution in [-0.2, 0) is 0 Å². The van der Waals surface area contributed by atoms with Crippen LogP contribution in [0.3, 0.4) is 0 Å². The second-order valence-electron chi connectivity index (χ2n) is 6.66. The van der Waals surface area contributed by atoms with Crippen LogP contribution in [0, 0.1) is 0 Å². The molecule has 1 aromatic carbocycles. The van der Waals surface area contributed by atoms with E-state index in [1.165, 1.54) is 24.8 Å². The average Bonchev–Trinajstić information content (AvgIpc) is 2.85. The Bertz CT molecular complexity index is 418. The Morgan fingerprint density at radius 1 is 1.10 bits per heavy atom. The van der Waals surface area contributed by atoms with Gasteiger partial charge in [0.05, 0.1) is 6.61 Å². The molecule has 2 fully saturated rings. The molecule has 1 aliphatic carbocycles. The van der Waals surface area contributed by atoms with Crippen molar-refractivity contribution >= 4 is 0 Å². The smallest absolute Gasteiger partial charge is 0.0615 e. The van der Waals surface area contributed by atoms with E-state index in [1.807, 2.05) is 0 Å². The fraction of sp³-hybridized carbons (Fsp3) is 0.667. The highest BCUT2D eigenvalue weighted by Gasteiger charge is 2.40. The van der Waals surface area contributed by atoms with Gasteiger partial charge in [-0.25, -0.2) is 0 Å². The zero-order chi connectivity index (χ0) is 14.5. The lowest BCUT2D eigenvalue weighted by Crippen LogP contribution is -2.54. The third-order valence-electron chi connectivity index (χ3n) is 5.49. The normalized spacial score (nSPS) is 31.8. The monoisotopic (exact) mass is 288 g/mol. The molecule has 1 saturated carbocycles. The molecular formula is C18H28N2O. The molecule has 0 atom stereocenters. The highest BCUT2D eigenvalue weighted by molar-refractivity contribution is 5.20. The minimum absolute atomic E-state index is 0.0390. The first kappa shape index (κ1) is 15.0. The number of benzene rings is 1. The molecule has 3 nitrogen and oxygen atoms in total. The lowest BCUT2D eigenvalue weighted by Gasteiger charge is -2.47. The number of nitrogens with one attached hydrogen (secondary N) is 1. The molecule has 3 rings (SSSR count). The van der Waals surface area contributed by atoms with Crippen molar-refractivity contribution in [3.05, 3.63) is 35.9 Å². The summed E-state index contributed by atoms with van der Waals surface area (Å²) in [6.45, 7) is 4.70. The van der Waals surface area contributed by atoms with Gasteiger partial charge in [0, 0.05) is 25.2 Å². The number of aliphatic hydroxyl groups is 1. The predicted molar refractivity (Wildman–Crippen MR) is 86.5 cm³/mol. The van der Waals surface area contributed by atoms with Crippen molar-refractivity contribution in [3.8, 4) is 0 Å². The molecule has 1 saturated heterocycles. The quantitative estimate of drug-likeness (QED) is 0.896. The molecule has 0 radical (unpaired) electrons. The van der Waals surface area contributed by atoms with Gasteiger partial charge in [-0.2, -0.15) is 0 Å². The predicted octanol–water partition coefficient (Wildman–Crippen LogP) is 2.37. The van der Waals surface area contributed by atoms with Crippen molar-refractivity contribution in [2.24, 2.45) is 0 Å². The van der Waals surface area contributed by atoms with Crippen LogP contribution in [0.2, 0.25) is 0 Å². The molecule has 3 heteroatoms. The molecule has 1 heterocycles. The lowest BCUT2D eigenvalue weighted by atomic mass is 9.73. The molecule has 0 amide bonds. The van der Waals surface area contributed by atoms with Crippen LogP contribution in [-0.4, -0.2) is 48.3 Å². The minimum atomic E-state index is 0.0390. The first-order valence-electron chi connectivity index (χ1n) is 8.46. The molecule has 1 aromatic rings. The van der Waals surface area contributed by atoms with Gasteiger partial charge in [-0.05, 0) is 50.1 Å². The van der Waals surface area contributed by atoms with E-state index in [-0.39, 0.29) is 5.54 Å². The average molecular weight is 288 g/mol. The van der Waals surface area contributed by atoms with Gasteiger partial charge in [-0.1, -0.05) is 30.3 Å². The fourth-order valence-electron chi connectivity index (χ4n) is 4.11. The van der Waals surface area contributed by atoms with Gasteiger partial charge in [-0.15, -0.1) is 0 Å². The summed E-state index contributed by atoms with van der Waals surface area (Å²) in [6, 6.07) is 10.9. The number of hydrogen-bond donors (Lipinski definition) is 2. The summed E-state index contributed by atoms with van der Waals surface area (Å²) in [5, 5.41) is 13.5. The number of aliphatic hydroxyl groups excluding tert-OH is 1. The number of hydrogen-bond acceptors (Lipinski definition) is 3. The van der Waals surface area contributed by atoms with Gasteiger partial charge < -0.3 is 10.4 Å². The Balaban J connectivity index is 1.66. The Kier molecular flexibility index (Phi) is 4.94. The van der Waals surface area contributed by atoms with Crippen LogP contribution < -0.4 is 5.32 Å². The third kappa shape index (κ3) is 3.31. The van der Waals surface area contributed by atoms with E-state index in [4.69, 9.17) is 0 Å². The summed E-state index contributed by atoms with van der Waals surface area (Å²) in [7, 11) is 0. The van der Waals surface area contributed by atoms with Crippen LogP contribution in [0.4, 0.5) is 0 Å². The van der Waals surface area contributed by atoms with Crippen LogP contribution in [0.25, 0.3) is 0 Å². The molecule has 116 valence electrons. The van der Waals surface area contributed by atoms with E-state index in [2.05, 4.69) is 40.5 Å². The summed E-state index contributed by atoms with van der Waals surface area (Å²) >= 11 is 0. The molecule has 0 unspecified atom stereocenters. The summed E-state index contributed by atoms with van der Waals surface area (Å²) < 4.78 is 0. The van der Waals surface area contributed by atoms with Crippen LogP contribution in [0.5, 0.6) is 0 Å². The van der Waals surface area contributed by atoms with E-state index in [1.54, 1.807) is 0 Å². The van der Waals surface area contributed by atoms with Gasteiger partial charge in [0.25, 0.3) is 0 Å². The molecule has 1 aliphatic heterocycles. The second-order valence-corrected chi connectivity index (χ2v) is 6.66. The molecule has 0 aromatic heterocycles. The van der Waals surface area contributed by atoms with E-state index >= 15 is 0 Å². The summed E-state index contributed by atoms with van der Waals surface area (Å²) in [5.74, 6) is 0.677. The van der Waals surface area contributed by atoms with Gasteiger partial charge >= 0.3 is 0 Å². The molecular weight excluding hydrogens is 260 g/mol. The van der Waals surface area contributed by atoms with Crippen LogP contribution in [0.1, 0.15) is 43.6 Å². The lowest BCUT2D eigenvalue weighted by molar-refractivity contribution is 0.000768. The third-order valence-corrected chi connectivity index (χ3v) is 5.49. The van der Waals surface area contributed by atoms with Crippen molar-refractivity contribution in [2.75, 3.05) is 32.8 Å². The zero-order valence-corrected chi connectivity index (χ0v) is 12.9. The fourth-order valence-corrected chi connectivity index (χ4v) is 4.11. The van der Waals surface area contributed by atoms with E-state index in [0.29, 0.717) is 12.5 Å². The summed E-state index contributed by atoms with van der Waals surface area (Å²) in [5.41, 5.74) is 1.51. The maximum absolute atomic E-state index is 10.1. The molecule has 0 spiro atoms. The van der Waals surface area contributed by atoms with Crippen LogP contribution >= 0.6 is 0 Å². The van der Waals surface area contributed by atoms with Gasteiger partial charge in [0.1, 0.15) is 0 Å². The Labute approximate surface area is 128 Å². The molecule has 0 bridgehead atoms. The Morgan fingerprint density at radius 3 is 2.57 bits per heavy atom. The topological polar surface area (TPSA) is 35.5 Å². The first-order valence-corrected chi connectivity index (χ1v) is 8.46. The summed E-state index contributed by atoms with van der Waals surface area (Å²) in [4.78, 5) is 2.56. The molecule has 2 aliphatic rings. The highest BCUT2D eigenvalue weighted by Crippen LogP contribution is 2.41. The number of rotatable bonds is 3.